The number of amidine groups is 2. The molecule has 0 saturated carbocycles. The lowest BCUT2D eigenvalue weighted by Crippen LogP contribution is -2.32. The Bertz CT molecular complexity index is 1050. The van der Waals surface area contributed by atoms with Crippen LogP contribution in [0, 0.1) is 0 Å². The summed E-state index contributed by atoms with van der Waals surface area (Å²) in [5.74, 6) is 0.194. The monoisotopic (exact) mass is 496 g/mol. The number of anilines is 2. The Morgan fingerprint density at radius 3 is 1.50 bits per heavy atom. The minimum Gasteiger partial charge on any atom is -0.481 e. The van der Waals surface area contributed by atoms with Gasteiger partial charge in [0, 0.05) is 37.1 Å². The maximum absolute atomic E-state index is 12.2. The first-order chi connectivity index (χ1) is 17.3. The number of carboxylic acid groups (broad SMARTS) is 2. The number of nitrogens with two attached hydrogens (primary N) is 1. The third-order valence-corrected chi connectivity index (χ3v) is 4.93. The van der Waals surface area contributed by atoms with Gasteiger partial charge >= 0.3 is 18.0 Å². The first kappa shape index (κ1) is 27.8. The number of nitrogens with zero attached hydrogens (tertiary/aromatic N) is 3. The van der Waals surface area contributed by atoms with Crippen molar-refractivity contribution in [2.75, 3.05) is 31.1 Å². The molecule has 0 radical (unpaired) electrons. The number of rotatable bonds is 6. The molecule has 36 heavy (non-hydrogen) atoms. The molecule has 2 aliphatic heterocycles. The van der Waals surface area contributed by atoms with Crippen LogP contribution in [0.25, 0.3) is 0 Å². The third kappa shape index (κ3) is 8.42. The van der Waals surface area contributed by atoms with Crippen molar-refractivity contribution in [1.82, 2.24) is 10.6 Å². The summed E-state index contributed by atoms with van der Waals surface area (Å²) in [4.78, 5) is 41.3. The number of aliphatic imine (C=N–C) groups is 2. The van der Waals surface area contributed by atoms with Crippen LogP contribution in [-0.2, 0) is 9.59 Å². The zero-order chi connectivity index (χ0) is 26.5. The number of carbonyl (C=O) groups is 3. The van der Waals surface area contributed by atoms with Crippen molar-refractivity contribution in [3.8, 4) is 0 Å². The molecule has 2 aromatic rings. The largest absolute Gasteiger partial charge is 0.481 e. The second-order valence-corrected chi connectivity index (χ2v) is 7.58. The average Bonchev–Trinajstić information content (AvgIpc) is 3.60. The normalized spacial score (nSPS) is 13.4. The van der Waals surface area contributed by atoms with E-state index >= 15 is 0 Å². The van der Waals surface area contributed by atoms with Crippen molar-refractivity contribution in [1.29, 1.82) is 0 Å². The van der Waals surface area contributed by atoms with Crippen LogP contribution < -0.4 is 21.3 Å². The molecule has 2 amide bonds. The van der Waals surface area contributed by atoms with Crippen molar-refractivity contribution >= 4 is 41.0 Å². The molecule has 11 heteroatoms. The number of aliphatic carboxylic acids is 2. The number of nitrogens with one attached hydrogen (secondary N) is 2. The van der Waals surface area contributed by atoms with Gasteiger partial charge in [0.05, 0.1) is 24.5 Å². The van der Waals surface area contributed by atoms with E-state index in [0.717, 1.165) is 49.0 Å². The van der Waals surface area contributed by atoms with Gasteiger partial charge in [-0.05, 0) is 24.3 Å². The number of benzene rings is 2. The number of primary amides is 1. The highest BCUT2D eigenvalue weighted by atomic mass is 16.4. The van der Waals surface area contributed by atoms with E-state index in [2.05, 4.69) is 20.6 Å². The Morgan fingerprint density at radius 1 is 0.833 bits per heavy atom. The molecule has 0 spiro atoms. The lowest BCUT2D eigenvalue weighted by atomic mass is 10.1. The lowest BCUT2D eigenvalue weighted by Gasteiger charge is -2.22. The van der Waals surface area contributed by atoms with Gasteiger partial charge in [-0.2, -0.15) is 0 Å². The van der Waals surface area contributed by atoms with E-state index in [0.29, 0.717) is 11.4 Å². The number of hydrogen-bond acceptors (Lipinski definition) is 7. The van der Waals surface area contributed by atoms with E-state index in [1.165, 1.54) is 4.90 Å². The van der Waals surface area contributed by atoms with Gasteiger partial charge < -0.3 is 26.6 Å². The van der Waals surface area contributed by atoms with Crippen LogP contribution in [0.15, 0.2) is 58.5 Å². The maximum atomic E-state index is 12.2. The second kappa shape index (κ2) is 14.1. The van der Waals surface area contributed by atoms with Crippen molar-refractivity contribution < 1.29 is 24.6 Å². The summed E-state index contributed by atoms with van der Waals surface area (Å²) >= 11 is 0. The van der Waals surface area contributed by atoms with E-state index in [1.54, 1.807) is 13.8 Å². The topological polar surface area (TPSA) is 170 Å². The Labute approximate surface area is 209 Å². The Morgan fingerprint density at radius 2 is 1.22 bits per heavy atom. The number of hydrogen-bond donors (Lipinski definition) is 5. The molecule has 6 N–H and O–H groups in total. The number of urea groups is 1. The van der Waals surface area contributed by atoms with Crippen molar-refractivity contribution in [3.63, 3.8) is 0 Å². The molecule has 0 unspecified atom stereocenters. The highest BCUT2D eigenvalue weighted by Crippen LogP contribution is 2.27. The molecular formula is C25H32N6O5. The summed E-state index contributed by atoms with van der Waals surface area (Å²) < 4.78 is 0. The fourth-order valence-electron chi connectivity index (χ4n) is 3.17. The first-order valence-corrected chi connectivity index (χ1v) is 11.6. The van der Waals surface area contributed by atoms with Crippen molar-refractivity contribution in [2.24, 2.45) is 15.7 Å². The lowest BCUT2D eigenvalue weighted by molar-refractivity contribution is -0.137. The van der Waals surface area contributed by atoms with Crippen LogP contribution in [0.5, 0.6) is 0 Å². The minimum absolute atomic E-state index is 0.222. The predicted octanol–water partition coefficient (Wildman–Crippen LogP) is 2.56. The first-order valence-electron chi connectivity index (χ1n) is 11.6. The van der Waals surface area contributed by atoms with E-state index in [-0.39, 0.29) is 12.8 Å². The van der Waals surface area contributed by atoms with Crippen molar-refractivity contribution in [3.05, 3.63) is 59.7 Å². The van der Waals surface area contributed by atoms with Crippen LogP contribution in [0.1, 0.15) is 37.8 Å². The quantitative estimate of drug-likeness (QED) is 0.409. The third-order valence-electron chi connectivity index (χ3n) is 4.93. The van der Waals surface area contributed by atoms with Gasteiger partial charge in [0.1, 0.15) is 11.7 Å². The summed E-state index contributed by atoms with van der Waals surface area (Å²) in [6, 6.07) is 14.7. The zero-order valence-electron chi connectivity index (χ0n) is 20.4. The number of carboxylic acids is 2. The number of carbonyl (C=O) groups excluding carboxylic acids is 1. The van der Waals surface area contributed by atoms with E-state index in [9.17, 15) is 14.4 Å². The van der Waals surface area contributed by atoms with Gasteiger partial charge in [0.15, 0.2) is 0 Å². The summed E-state index contributed by atoms with van der Waals surface area (Å²) in [7, 11) is 0. The molecule has 2 aliphatic rings. The summed E-state index contributed by atoms with van der Waals surface area (Å²) in [5, 5.41) is 21.9. The number of amides is 2. The van der Waals surface area contributed by atoms with Gasteiger partial charge in [-0.3, -0.25) is 24.5 Å². The van der Waals surface area contributed by atoms with Crippen LogP contribution in [0.3, 0.4) is 0 Å². The SMILES string of the molecule is CCC(=O)O.CCC(=O)O.NC(=O)N(c1cccc(C2=NCCN2)c1)c1cccc(C2=NCCN2)c1. The second-order valence-electron chi connectivity index (χ2n) is 7.58. The summed E-state index contributed by atoms with van der Waals surface area (Å²) in [6.45, 7) is 6.38. The highest BCUT2D eigenvalue weighted by molar-refractivity contribution is 6.05. The van der Waals surface area contributed by atoms with Gasteiger partial charge in [-0.15, -0.1) is 0 Å². The van der Waals surface area contributed by atoms with Gasteiger partial charge in [0.25, 0.3) is 0 Å². The molecule has 0 fully saturated rings. The highest BCUT2D eigenvalue weighted by Gasteiger charge is 2.18. The molecule has 0 atom stereocenters. The van der Waals surface area contributed by atoms with Crippen LogP contribution in [0.4, 0.5) is 16.2 Å². The fourth-order valence-corrected chi connectivity index (χ4v) is 3.17. The molecule has 2 aromatic carbocycles. The molecule has 0 aromatic heterocycles. The van der Waals surface area contributed by atoms with E-state index in [4.69, 9.17) is 15.9 Å². The minimum atomic E-state index is -0.745. The molecule has 0 bridgehead atoms. The van der Waals surface area contributed by atoms with E-state index < -0.39 is 18.0 Å². The van der Waals surface area contributed by atoms with Gasteiger partial charge in [-0.25, -0.2) is 4.79 Å². The molecule has 11 nitrogen and oxygen atoms in total. The molecule has 4 rings (SSSR count). The molecule has 0 aliphatic carbocycles. The summed E-state index contributed by atoms with van der Waals surface area (Å²) in [5.41, 5.74) is 8.97. The zero-order valence-corrected chi connectivity index (χ0v) is 20.4. The standard InChI is InChI=1S/C19H20N6O.2C3H6O2/c20-19(26)25(15-5-1-3-13(11-15)17-21-7-8-22-17)16-6-2-4-14(12-16)18-23-9-10-24-18;2*1-2-3(4)5/h1-6,11-12H,7-10H2,(H2,20,26)(H,21,22)(H,23,24);2*2H2,1H3,(H,4,5). The fraction of sp³-hybridized carbons (Fsp3) is 0.320. The smallest absolute Gasteiger partial charge is 0.323 e. The van der Waals surface area contributed by atoms with Crippen LogP contribution >= 0.6 is 0 Å². The predicted molar refractivity (Wildman–Crippen MR) is 139 cm³/mol. The van der Waals surface area contributed by atoms with Crippen molar-refractivity contribution in [2.45, 2.75) is 26.7 Å². The van der Waals surface area contributed by atoms with Crippen LogP contribution in [0.2, 0.25) is 0 Å². The van der Waals surface area contributed by atoms with Crippen LogP contribution in [-0.4, -0.2) is 66.0 Å². The summed E-state index contributed by atoms with van der Waals surface area (Å²) in [6.07, 6.45) is 0.444. The molecule has 2 heterocycles. The average molecular weight is 497 g/mol. The maximum Gasteiger partial charge on any atom is 0.323 e. The Balaban J connectivity index is 0.000000389. The van der Waals surface area contributed by atoms with Gasteiger partial charge in [-0.1, -0.05) is 38.1 Å². The van der Waals surface area contributed by atoms with E-state index in [1.807, 2.05) is 48.5 Å². The Hall–Kier alpha value is -4.41. The molecule has 0 saturated heterocycles. The molecule has 192 valence electrons. The van der Waals surface area contributed by atoms with Gasteiger partial charge in [0.2, 0.25) is 0 Å². The Kier molecular flexibility index (Phi) is 10.9. The molecular weight excluding hydrogens is 464 g/mol.